The highest BCUT2D eigenvalue weighted by molar-refractivity contribution is 7.21. The number of hydrazone groups is 1. The van der Waals surface area contributed by atoms with Crippen molar-refractivity contribution in [1.29, 1.82) is 0 Å². The molecule has 1 amide bonds. The highest BCUT2D eigenvalue weighted by Crippen LogP contribution is 2.34. The molecule has 0 saturated heterocycles. The Labute approximate surface area is 174 Å². The molecule has 0 aliphatic carbocycles. The van der Waals surface area contributed by atoms with Crippen LogP contribution in [0.5, 0.6) is 0 Å². The standard InChI is InChI=1S/C20H13ClN4O3S/c21-18-16-5-1-2-6-17(16)29-19(18)20(26)23-22-12-15-4-3-11-24(15)13-7-9-14(10-8-13)25(27)28/h1-12H,(H,23,26)/b22-12+. The zero-order valence-corrected chi connectivity index (χ0v) is 16.4. The lowest BCUT2D eigenvalue weighted by Crippen LogP contribution is -2.17. The van der Waals surface area contributed by atoms with Gasteiger partial charge < -0.3 is 4.57 Å². The molecule has 0 aliphatic rings. The molecule has 0 saturated carbocycles. The second kappa shape index (κ2) is 7.86. The zero-order chi connectivity index (χ0) is 20.4. The molecule has 4 aromatic rings. The third kappa shape index (κ3) is 3.75. The Morgan fingerprint density at radius 3 is 2.62 bits per heavy atom. The van der Waals surface area contributed by atoms with Crippen molar-refractivity contribution < 1.29 is 9.72 Å². The number of thiophene rings is 1. The molecule has 0 radical (unpaired) electrons. The average molecular weight is 425 g/mol. The summed E-state index contributed by atoms with van der Waals surface area (Å²) in [6.07, 6.45) is 3.30. The summed E-state index contributed by atoms with van der Waals surface area (Å²) in [6.45, 7) is 0. The van der Waals surface area contributed by atoms with Crippen molar-refractivity contribution in [3.63, 3.8) is 0 Å². The Balaban J connectivity index is 1.51. The molecule has 7 nitrogen and oxygen atoms in total. The van der Waals surface area contributed by atoms with Gasteiger partial charge in [0, 0.05) is 34.1 Å². The second-order valence-electron chi connectivity index (χ2n) is 6.02. The van der Waals surface area contributed by atoms with Gasteiger partial charge in [-0.3, -0.25) is 14.9 Å². The van der Waals surface area contributed by atoms with E-state index in [1.165, 1.54) is 29.7 Å². The number of non-ortho nitro benzene ring substituents is 1. The maximum Gasteiger partial charge on any atom is 0.283 e. The predicted molar refractivity (Wildman–Crippen MR) is 114 cm³/mol. The Morgan fingerprint density at radius 2 is 1.90 bits per heavy atom. The van der Waals surface area contributed by atoms with E-state index >= 15 is 0 Å². The topological polar surface area (TPSA) is 89.5 Å². The minimum Gasteiger partial charge on any atom is -0.316 e. The molecule has 0 fully saturated rings. The number of nitrogens with zero attached hydrogens (tertiary/aromatic N) is 3. The summed E-state index contributed by atoms with van der Waals surface area (Å²) in [5, 5.41) is 16.1. The molecule has 0 unspecified atom stereocenters. The van der Waals surface area contributed by atoms with Crippen molar-refractivity contribution in [2.45, 2.75) is 0 Å². The molecule has 9 heteroatoms. The van der Waals surface area contributed by atoms with E-state index in [0.717, 1.165) is 15.8 Å². The van der Waals surface area contributed by atoms with Crippen LogP contribution in [0.4, 0.5) is 5.69 Å². The highest BCUT2D eigenvalue weighted by atomic mass is 35.5. The van der Waals surface area contributed by atoms with E-state index in [-0.39, 0.29) is 11.6 Å². The summed E-state index contributed by atoms with van der Waals surface area (Å²) in [5.74, 6) is -0.388. The van der Waals surface area contributed by atoms with Crippen LogP contribution in [0.25, 0.3) is 15.8 Å². The molecular weight excluding hydrogens is 412 g/mol. The quantitative estimate of drug-likeness (QED) is 0.277. The third-order valence-electron chi connectivity index (χ3n) is 4.22. The van der Waals surface area contributed by atoms with Crippen molar-refractivity contribution in [3.8, 4) is 5.69 Å². The number of carbonyl (C=O) groups excluding carboxylic acids is 1. The van der Waals surface area contributed by atoms with Crippen LogP contribution >= 0.6 is 22.9 Å². The van der Waals surface area contributed by atoms with E-state index in [9.17, 15) is 14.9 Å². The number of benzene rings is 2. The van der Waals surface area contributed by atoms with Crippen molar-refractivity contribution >= 4 is 50.8 Å². The van der Waals surface area contributed by atoms with Crippen LogP contribution in [0.3, 0.4) is 0 Å². The highest BCUT2D eigenvalue weighted by Gasteiger charge is 2.16. The van der Waals surface area contributed by atoms with Gasteiger partial charge >= 0.3 is 0 Å². The van der Waals surface area contributed by atoms with Gasteiger partial charge in [-0.2, -0.15) is 5.10 Å². The first-order chi connectivity index (χ1) is 14.0. The van der Waals surface area contributed by atoms with Crippen molar-refractivity contribution in [2.75, 3.05) is 0 Å². The molecule has 0 atom stereocenters. The van der Waals surface area contributed by atoms with Crippen molar-refractivity contribution in [1.82, 2.24) is 9.99 Å². The Bertz CT molecular complexity index is 1240. The predicted octanol–water partition coefficient (Wildman–Crippen LogP) is 5.02. The third-order valence-corrected chi connectivity index (χ3v) is 5.90. The minimum absolute atomic E-state index is 0.0172. The van der Waals surface area contributed by atoms with Gasteiger partial charge in [-0.1, -0.05) is 29.8 Å². The van der Waals surface area contributed by atoms with Crippen LogP contribution in [-0.2, 0) is 0 Å². The van der Waals surface area contributed by atoms with Gasteiger partial charge in [0.05, 0.1) is 21.9 Å². The number of carbonyl (C=O) groups is 1. The van der Waals surface area contributed by atoms with Crippen LogP contribution < -0.4 is 5.43 Å². The van der Waals surface area contributed by atoms with Crippen LogP contribution in [-0.4, -0.2) is 21.6 Å². The summed E-state index contributed by atoms with van der Waals surface area (Å²) in [5.41, 5.74) is 3.95. The number of fused-ring (bicyclic) bond motifs is 1. The summed E-state index contributed by atoms with van der Waals surface area (Å²) < 4.78 is 2.73. The van der Waals surface area contributed by atoms with Crippen LogP contribution in [0.2, 0.25) is 5.02 Å². The minimum atomic E-state index is -0.448. The van der Waals surface area contributed by atoms with Crippen LogP contribution in [0.15, 0.2) is 72.0 Å². The van der Waals surface area contributed by atoms with Gasteiger partial charge in [0.1, 0.15) is 4.88 Å². The van der Waals surface area contributed by atoms with Gasteiger partial charge in [0.25, 0.3) is 11.6 Å². The molecule has 29 heavy (non-hydrogen) atoms. The van der Waals surface area contributed by atoms with Crippen molar-refractivity contribution in [3.05, 3.63) is 92.6 Å². The molecule has 2 aromatic carbocycles. The maximum atomic E-state index is 12.5. The Morgan fingerprint density at radius 1 is 1.14 bits per heavy atom. The van der Waals surface area contributed by atoms with Crippen LogP contribution in [0, 0.1) is 10.1 Å². The van der Waals surface area contributed by atoms with Gasteiger partial charge in [-0.25, -0.2) is 5.43 Å². The zero-order valence-electron chi connectivity index (χ0n) is 14.8. The molecular formula is C20H13ClN4O3S. The summed E-state index contributed by atoms with van der Waals surface area (Å²) in [4.78, 5) is 23.2. The van der Waals surface area contributed by atoms with E-state index in [0.29, 0.717) is 15.6 Å². The van der Waals surface area contributed by atoms with E-state index in [4.69, 9.17) is 11.6 Å². The molecule has 0 bridgehead atoms. The van der Waals surface area contributed by atoms with Crippen LogP contribution in [0.1, 0.15) is 15.4 Å². The molecule has 0 spiro atoms. The second-order valence-corrected chi connectivity index (χ2v) is 7.45. The lowest BCUT2D eigenvalue weighted by atomic mass is 10.2. The number of nitrogens with one attached hydrogen (secondary N) is 1. The lowest BCUT2D eigenvalue weighted by Gasteiger charge is -2.05. The summed E-state index contributed by atoms with van der Waals surface area (Å²) in [6, 6.07) is 17.3. The monoisotopic (exact) mass is 424 g/mol. The fraction of sp³-hybridized carbons (Fsp3) is 0. The largest absolute Gasteiger partial charge is 0.316 e. The molecule has 2 aromatic heterocycles. The Kier molecular flexibility index (Phi) is 5.11. The number of aromatic nitrogens is 1. The number of rotatable bonds is 5. The first kappa shape index (κ1) is 18.9. The molecule has 0 aliphatic heterocycles. The molecule has 144 valence electrons. The number of amides is 1. The molecule has 4 rings (SSSR count). The van der Waals surface area contributed by atoms with Crippen molar-refractivity contribution in [2.24, 2.45) is 5.10 Å². The fourth-order valence-electron chi connectivity index (χ4n) is 2.84. The maximum absolute atomic E-state index is 12.5. The SMILES string of the molecule is O=C(N/N=C/c1cccn1-c1ccc([N+](=O)[O-])cc1)c1sc2ccccc2c1Cl. The smallest absolute Gasteiger partial charge is 0.283 e. The molecule has 1 N–H and O–H groups in total. The first-order valence-electron chi connectivity index (χ1n) is 8.47. The van der Waals surface area contributed by atoms with Gasteiger partial charge in [-0.05, 0) is 30.3 Å². The van der Waals surface area contributed by atoms with E-state index in [2.05, 4.69) is 10.5 Å². The Hall–Kier alpha value is -3.49. The average Bonchev–Trinajstić information content (AvgIpc) is 3.33. The fourth-order valence-corrected chi connectivity index (χ4v) is 4.24. The summed E-state index contributed by atoms with van der Waals surface area (Å²) in [7, 11) is 0. The number of halogens is 1. The number of nitro benzene ring substituents is 1. The van der Waals surface area contributed by atoms with E-state index in [1.807, 2.05) is 36.4 Å². The number of hydrogen-bond donors (Lipinski definition) is 1. The normalized spacial score (nSPS) is 11.2. The van der Waals surface area contributed by atoms with E-state index in [1.54, 1.807) is 22.9 Å². The number of nitro groups is 1. The summed E-state index contributed by atoms with van der Waals surface area (Å²) >= 11 is 7.62. The molecule has 2 heterocycles. The van der Waals surface area contributed by atoms with E-state index < -0.39 is 4.92 Å². The lowest BCUT2D eigenvalue weighted by molar-refractivity contribution is -0.384. The van der Waals surface area contributed by atoms with Gasteiger partial charge in [-0.15, -0.1) is 11.3 Å². The number of hydrogen-bond acceptors (Lipinski definition) is 5. The first-order valence-corrected chi connectivity index (χ1v) is 9.66. The van der Waals surface area contributed by atoms with Gasteiger partial charge in [0.2, 0.25) is 0 Å². The van der Waals surface area contributed by atoms with Gasteiger partial charge in [0.15, 0.2) is 0 Å².